The molecule has 2 heterocycles. The van der Waals surface area contributed by atoms with E-state index in [0.717, 1.165) is 50.0 Å². The minimum Gasteiger partial charge on any atom is -0.323 e. The Bertz CT molecular complexity index is 483. The topological polar surface area (TPSA) is 32.3 Å². The number of carbonyl (C=O) groups is 1. The van der Waals surface area contributed by atoms with Crippen LogP contribution in [0.3, 0.4) is 0 Å². The zero-order valence-electron chi connectivity index (χ0n) is 13.8. The van der Waals surface area contributed by atoms with Crippen LogP contribution in [0.25, 0.3) is 0 Å². The number of aryl methyl sites for hydroxylation is 2. The van der Waals surface area contributed by atoms with E-state index in [0.29, 0.717) is 11.8 Å². The van der Waals surface area contributed by atoms with Crippen LogP contribution in [0.4, 0.5) is 5.69 Å². The molecule has 2 atom stereocenters. The molecule has 1 unspecified atom stereocenters. The molecule has 0 saturated carbocycles. The van der Waals surface area contributed by atoms with E-state index in [1.165, 1.54) is 4.88 Å². The van der Waals surface area contributed by atoms with Gasteiger partial charge in [0, 0.05) is 10.8 Å². The lowest BCUT2D eigenvalue weighted by Gasteiger charge is -2.38. The fourth-order valence-electron chi connectivity index (χ4n) is 3.30. The predicted molar refractivity (Wildman–Crippen MR) is 96.1 cm³/mol. The minimum atomic E-state index is -0.0133. The van der Waals surface area contributed by atoms with Crippen LogP contribution in [0, 0.1) is 19.8 Å². The summed E-state index contributed by atoms with van der Waals surface area (Å²) in [5, 5.41) is 5.28. The van der Waals surface area contributed by atoms with Crippen LogP contribution in [0.5, 0.6) is 0 Å². The van der Waals surface area contributed by atoms with Crippen molar-refractivity contribution in [2.45, 2.75) is 52.5 Å². The molecule has 3 nitrogen and oxygen atoms in total. The number of hydrogen-bond acceptors (Lipinski definition) is 3. The molecule has 0 spiro atoms. The smallest absolute Gasteiger partial charge is 0.241 e. The maximum Gasteiger partial charge on any atom is 0.241 e. The van der Waals surface area contributed by atoms with Crippen molar-refractivity contribution in [3.63, 3.8) is 0 Å². The van der Waals surface area contributed by atoms with Crippen LogP contribution in [0.1, 0.15) is 43.0 Å². The van der Waals surface area contributed by atoms with E-state index in [2.05, 4.69) is 36.4 Å². The first kappa shape index (κ1) is 17.8. The Morgan fingerprint density at radius 2 is 2.27 bits per heavy atom. The molecule has 5 heteroatoms. The van der Waals surface area contributed by atoms with Gasteiger partial charge in [0.25, 0.3) is 0 Å². The SMILES string of the molecule is CCCN1CCC(CCCl)C[C@H]1C(=O)Nc1c(C)csc1C. The highest BCUT2D eigenvalue weighted by atomic mass is 35.5. The Kier molecular flexibility index (Phi) is 6.72. The van der Waals surface area contributed by atoms with Crippen molar-refractivity contribution >= 4 is 34.5 Å². The standard InChI is InChI=1S/C17H27ClN2OS/c1-4-8-20-9-6-14(5-7-18)10-15(20)17(21)19-16-12(2)11-22-13(16)3/h11,14-15H,4-10H2,1-3H3,(H,19,21)/t14?,15-/m0/s1. The molecule has 0 aliphatic carbocycles. The zero-order chi connectivity index (χ0) is 16.1. The molecule has 0 radical (unpaired) electrons. The van der Waals surface area contributed by atoms with Crippen LogP contribution in [-0.2, 0) is 4.79 Å². The quantitative estimate of drug-likeness (QED) is 0.776. The second-order valence-corrected chi connectivity index (χ2v) is 7.72. The number of nitrogens with zero attached hydrogens (tertiary/aromatic N) is 1. The number of halogens is 1. The summed E-state index contributed by atoms with van der Waals surface area (Å²) in [5.41, 5.74) is 2.16. The van der Waals surface area contributed by atoms with Crippen molar-refractivity contribution in [3.05, 3.63) is 15.8 Å². The van der Waals surface area contributed by atoms with E-state index in [9.17, 15) is 4.79 Å². The first-order valence-electron chi connectivity index (χ1n) is 8.22. The molecule has 1 N–H and O–H groups in total. The molecule has 1 aliphatic rings. The number of rotatable bonds is 6. The number of alkyl halides is 1. The number of hydrogen-bond donors (Lipinski definition) is 1. The molecule has 1 amide bonds. The molecule has 0 bridgehead atoms. The van der Waals surface area contributed by atoms with Gasteiger partial charge in [-0.25, -0.2) is 0 Å². The number of thiophene rings is 1. The molecule has 2 rings (SSSR count). The van der Waals surface area contributed by atoms with Crippen LogP contribution >= 0.6 is 22.9 Å². The highest BCUT2D eigenvalue weighted by molar-refractivity contribution is 7.10. The van der Waals surface area contributed by atoms with Gasteiger partial charge >= 0.3 is 0 Å². The van der Waals surface area contributed by atoms with Crippen molar-refractivity contribution in [2.75, 3.05) is 24.3 Å². The van der Waals surface area contributed by atoms with Crippen molar-refractivity contribution in [1.82, 2.24) is 4.90 Å². The summed E-state index contributed by atoms with van der Waals surface area (Å²) >= 11 is 7.60. The molecule has 1 aliphatic heterocycles. The maximum atomic E-state index is 12.8. The number of piperidine rings is 1. The van der Waals surface area contributed by atoms with E-state index < -0.39 is 0 Å². The third kappa shape index (κ3) is 4.24. The summed E-state index contributed by atoms with van der Waals surface area (Å²) in [5.74, 6) is 1.42. The molecule has 1 saturated heterocycles. The average molecular weight is 343 g/mol. The number of anilines is 1. The monoisotopic (exact) mass is 342 g/mol. The van der Waals surface area contributed by atoms with E-state index >= 15 is 0 Å². The van der Waals surface area contributed by atoms with Gasteiger partial charge < -0.3 is 5.32 Å². The predicted octanol–water partition coefficient (Wildman–Crippen LogP) is 4.42. The molecule has 1 fully saturated rings. The van der Waals surface area contributed by atoms with E-state index in [1.54, 1.807) is 11.3 Å². The Morgan fingerprint density at radius 1 is 1.50 bits per heavy atom. The number of likely N-dealkylation sites (tertiary alicyclic amines) is 1. The van der Waals surface area contributed by atoms with Crippen LogP contribution < -0.4 is 5.32 Å². The van der Waals surface area contributed by atoms with Gasteiger partial charge in [-0.1, -0.05) is 6.92 Å². The normalized spacial score (nSPS) is 22.7. The van der Waals surface area contributed by atoms with Crippen LogP contribution in [-0.4, -0.2) is 35.8 Å². The number of nitrogens with one attached hydrogen (secondary N) is 1. The molecular formula is C17H27ClN2OS. The fraction of sp³-hybridized carbons (Fsp3) is 0.706. The fourth-order valence-corrected chi connectivity index (χ4v) is 4.41. The molecule has 1 aromatic heterocycles. The summed E-state index contributed by atoms with van der Waals surface area (Å²) in [6.07, 6.45) is 4.19. The van der Waals surface area contributed by atoms with Gasteiger partial charge in [-0.2, -0.15) is 0 Å². The van der Waals surface area contributed by atoms with Crippen molar-refractivity contribution in [3.8, 4) is 0 Å². The van der Waals surface area contributed by atoms with Crippen LogP contribution in [0.2, 0.25) is 0 Å². The van der Waals surface area contributed by atoms with Crippen LogP contribution in [0.15, 0.2) is 5.38 Å². The summed E-state index contributed by atoms with van der Waals surface area (Å²) in [6, 6.07) is -0.0133. The Labute approximate surface area is 143 Å². The summed E-state index contributed by atoms with van der Waals surface area (Å²) < 4.78 is 0. The molecule has 22 heavy (non-hydrogen) atoms. The molecule has 1 aromatic rings. The molecular weight excluding hydrogens is 316 g/mol. The van der Waals surface area contributed by atoms with Gasteiger partial charge in [-0.05, 0) is 69.5 Å². The minimum absolute atomic E-state index is 0.0133. The third-order valence-electron chi connectivity index (χ3n) is 4.56. The van der Waals surface area contributed by atoms with E-state index in [1.807, 2.05) is 0 Å². The summed E-state index contributed by atoms with van der Waals surface area (Å²) in [4.78, 5) is 16.3. The lowest BCUT2D eigenvalue weighted by Crippen LogP contribution is -2.49. The van der Waals surface area contributed by atoms with E-state index in [-0.39, 0.29) is 11.9 Å². The lowest BCUT2D eigenvalue weighted by molar-refractivity contribution is -0.123. The highest BCUT2D eigenvalue weighted by Gasteiger charge is 2.33. The second kappa shape index (κ2) is 8.32. The largest absolute Gasteiger partial charge is 0.323 e. The summed E-state index contributed by atoms with van der Waals surface area (Å²) in [7, 11) is 0. The molecule has 0 aromatic carbocycles. The first-order chi connectivity index (χ1) is 10.6. The number of carbonyl (C=O) groups excluding carboxylic acids is 1. The van der Waals surface area contributed by atoms with Gasteiger partial charge in [0.15, 0.2) is 0 Å². The van der Waals surface area contributed by atoms with Gasteiger partial charge in [-0.15, -0.1) is 22.9 Å². The number of amides is 1. The third-order valence-corrected chi connectivity index (χ3v) is 5.81. The van der Waals surface area contributed by atoms with Crippen molar-refractivity contribution < 1.29 is 4.79 Å². The summed E-state index contributed by atoms with van der Waals surface area (Å²) in [6.45, 7) is 8.30. The Hall–Kier alpha value is -0.580. The molecule has 124 valence electrons. The van der Waals surface area contributed by atoms with Crippen molar-refractivity contribution in [1.29, 1.82) is 0 Å². The second-order valence-electron chi connectivity index (χ2n) is 6.26. The van der Waals surface area contributed by atoms with Crippen molar-refractivity contribution in [2.24, 2.45) is 5.92 Å². The van der Waals surface area contributed by atoms with E-state index in [4.69, 9.17) is 11.6 Å². The lowest BCUT2D eigenvalue weighted by atomic mass is 9.88. The highest BCUT2D eigenvalue weighted by Crippen LogP contribution is 2.30. The Balaban J connectivity index is 2.08. The maximum absolute atomic E-state index is 12.8. The van der Waals surface area contributed by atoms with Gasteiger partial charge in [0.05, 0.1) is 11.7 Å². The van der Waals surface area contributed by atoms with Gasteiger partial charge in [-0.3, -0.25) is 9.69 Å². The zero-order valence-corrected chi connectivity index (χ0v) is 15.4. The average Bonchev–Trinajstić information content (AvgIpc) is 2.81. The van der Waals surface area contributed by atoms with Gasteiger partial charge in [0.2, 0.25) is 5.91 Å². The Morgan fingerprint density at radius 3 is 2.86 bits per heavy atom. The first-order valence-corrected chi connectivity index (χ1v) is 9.63. The van der Waals surface area contributed by atoms with Gasteiger partial charge in [0.1, 0.15) is 0 Å².